The largest absolute Gasteiger partial charge is 0.322 e. The van der Waals surface area contributed by atoms with Crippen LogP contribution in [0.15, 0.2) is 47.6 Å². The highest BCUT2D eigenvalue weighted by atomic mass is 19.1. The Morgan fingerprint density at radius 3 is 2.72 bits per heavy atom. The molecule has 5 nitrogen and oxygen atoms in total. The molecule has 0 bridgehead atoms. The van der Waals surface area contributed by atoms with Crippen LogP contribution in [0.2, 0.25) is 0 Å². The molecule has 1 atom stereocenters. The summed E-state index contributed by atoms with van der Waals surface area (Å²) in [5.74, 6) is -1.13. The van der Waals surface area contributed by atoms with Gasteiger partial charge in [-0.2, -0.15) is 5.10 Å². The van der Waals surface area contributed by atoms with Crippen LogP contribution < -0.4 is 10.7 Å². The van der Waals surface area contributed by atoms with Crippen molar-refractivity contribution >= 4 is 23.2 Å². The monoisotopic (exact) mass is 339 g/mol. The van der Waals surface area contributed by atoms with Crippen LogP contribution in [-0.4, -0.2) is 17.5 Å². The molecule has 1 aliphatic heterocycles. The second kappa shape index (κ2) is 6.84. The zero-order valence-corrected chi connectivity index (χ0v) is 14.0. The highest BCUT2D eigenvalue weighted by Gasteiger charge is 2.23. The highest BCUT2D eigenvalue weighted by Crippen LogP contribution is 2.22. The van der Waals surface area contributed by atoms with Crippen LogP contribution >= 0.6 is 0 Å². The molecule has 0 radical (unpaired) electrons. The van der Waals surface area contributed by atoms with Crippen LogP contribution in [0.3, 0.4) is 0 Å². The van der Waals surface area contributed by atoms with Gasteiger partial charge in [-0.25, -0.2) is 9.82 Å². The first-order chi connectivity index (χ1) is 12.0. The zero-order chi connectivity index (χ0) is 18.0. The first-order valence-electron chi connectivity index (χ1n) is 7.99. The Balaban J connectivity index is 1.82. The Kier molecular flexibility index (Phi) is 4.61. The minimum atomic E-state index is -0.561. The van der Waals surface area contributed by atoms with Gasteiger partial charge in [0.15, 0.2) is 0 Å². The number of nitrogens with zero attached hydrogens (tertiary/aromatic N) is 1. The Morgan fingerprint density at radius 1 is 1.28 bits per heavy atom. The van der Waals surface area contributed by atoms with E-state index in [1.165, 1.54) is 18.2 Å². The fourth-order valence-corrected chi connectivity index (χ4v) is 2.85. The van der Waals surface area contributed by atoms with Crippen molar-refractivity contribution in [3.63, 3.8) is 0 Å². The summed E-state index contributed by atoms with van der Waals surface area (Å²) in [5.41, 5.74) is 5.70. The number of rotatable bonds is 3. The molecule has 2 aromatic carbocycles. The lowest BCUT2D eigenvalue weighted by Crippen LogP contribution is -2.32. The summed E-state index contributed by atoms with van der Waals surface area (Å²) in [6.45, 7) is 3.85. The molecule has 128 valence electrons. The fourth-order valence-electron chi connectivity index (χ4n) is 2.85. The van der Waals surface area contributed by atoms with Crippen LogP contribution in [0, 0.1) is 18.7 Å². The predicted molar refractivity (Wildman–Crippen MR) is 94.0 cm³/mol. The summed E-state index contributed by atoms with van der Waals surface area (Å²) in [6.07, 6.45) is 0.393. The Morgan fingerprint density at radius 2 is 2.04 bits per heavy atom. The van der Waals surface area contributed by atoms with Crippen molar-refractivity contribution in [2.24, 2.45) is 11.0 Å². The molecule has 1 heterocycles. The van der Waals surface area contributed by atoms with Crippen molar-refractivity contribution in [2.45, 2.75) is 20.3 Å². The zero-order valence-electron chi connectivity index (χ0n) is 14.0. The molecular weight excluding hydrogens is 321 g/mol. The van der Waals surface area contributed by atoms with Crippen LogP contribution in [0.1, 0.15) is 34.8 Å². The van der Waals surface area contributed by atoms with E-state index in [2.05, 4.69) is 15.8 Å². The van der Waals surface area contributed by atoms with E-state index in [9.17, 15) is 14.0 Å². The fraction of sp³-hybridized carbons (Fsp3) is 0.211. The second-order valence-electron chi connectivity index (χ2n) is 6.10. The van der Waals surface area contributed by atoms with Gasteiger partial charge in [0.25, 0.3) is 5.91 Å². The topological polar surface area (TPSA) is 70.6 Å². The smallest absolute Gasteiger partial charge is 0.258 e. The molecule has 2 amide bonds. The maximum absolute atomic E-state index is 13.7. The number of benzene rings is 2. The molecule has 0 spiro atoms. The molecule has 0 aromatic heterocycles. The number of nitrogens with one attached hydrogen (secondary N) is 2. The molecule has 0 saturated carbocycles. The van der Waals surface area contributed by atoms with Gasteiger partial charge in [-0.15, -0.1) is 0 Å². The number of anilines is 1. The number of carbonyl (C=O) groups is 2. The van der Waals surface area contributed by atoms with Crippen molar-refractivity contribution < 1.29 is 14.0 Å². The lowest BCUT2D eigenvalue weighted by atomic mass is 9.91. The van der Waals surface area contributed by atoms with Gasteiger partial charge in [-0.05, 0) is 36.8 Å². The summed E-state index contributed by atoms with van der Waals surface area (Å²) in [7, 11) is 0. The van der Waals surface area contributed by atoms with Crippen molar-refractivity contribution in [3.8, 4) is 0 Å². The van der Waals surface area contributed by atoms with Gasteiger partial charge in [0.05, 0.1) is 11.3 Å². The second-order valence-corrected chi connectivity index (χ2v) is 6.10. The third-order valence-corrected chi connectivity index (χ3v) is 4.14. The van der Waals surface area contributed by atoms with Crippen LogP contribution in [-0.2, 0) is 4.79 Å². The highest BCUT2D eigenvalue weighted by molar-refractivity contribution is 6.08. The van der Waals surface area contributed by atoms with Gasteiger partial charge in [0.2, 0.25) is 5.91 Å². The number of halogens is 1. The van der Waals surface area contributed by atoms with Crippen molar-refractivity contribution in [1.82, 2.24) is 5.43 Å². The molecular formula is C19H18FN3O2. The third kappa shape index (κ3) is 3.57. The van der Waals surface area contributed by atoms with E-state index in [-0.39, 0.29) is 17.4 Å². The van der Waals surface area contributed by atoms with E-state index < -0.39 is 11.7 Å². The lowest BCUT2D eigenvalue weighted by molar-refractivity contribution is -0.121. The summed E-state index contributed by atoms with van der Waals surface area (Å²) in [6, 6.07) is 11.2. The van der Waals surface area contributed by atoms with Crippen LogP contribution in [0.5, 0.6) is 0 Å². The quantitative estimate of drug-likeness (QED) is 0.901. The number of amides is 2. The first-order valence-corrected chi connectivity index (χ1v) is 7.99. The molecule has 2 N–H and O–H groups in total. The van der Waals surface area contributed by atoms with Gasteiger partial charge in [0, 0.05) is 23.6 Å². The molecule has 1 aliphatic rings. The van der Waals surface area contributed by atoms with E-state index in [0.717, 1.165) is 16.8 Å². The van der Waals surface area contributed by atoms with Crippen LogP contribution in [0.4, 0.5) is 10.1 Å². The summed E-state index contributed by atoms with van der Waals surface area (Å²) >= 11 is 0. The molecule has 3 rings (SSSR count). The van der Waals surface area contributed by atoms with Gasteiger partial charge >= 0.3 is 0 Å². The SMILES string of the molecule is Cc1cc(NC(=O)c2ccccc2F)ccc1C1=NNC(=O)CC1C. The predicted octanol–water partition coefficient (Wildman–Crippen LogP) is 3.25. The van der Waals surface area contributed by atoms with Crippen molar-refractivity contribution in [2.75, 3.05) is 5.32 Å². The number of carbonyl (C=O) groups excluding carboxylic acids is 2. The van der Waals surface area contributed by atoms with Gasteiger partial charge in [-0.3, -0.25) is 9.59 Å². The number of aryl methyl sites for hydroxylation is 1. The summed E-state index contributed by atoms with van der Waals surface area (Å²) in [4.78, 5) is 23.6. The van der Waals surface area contributed by atoms with Crippen molar-refractivity contribution in [3.05, 3.63) is 65.0 Å². The maximum Gasteiger partial charge on any atom is 0.258 e. The Bertz CT molecular complexity index is 877. The molecule has 0 aliphatic carbocycles. The maximum atomic E-state index is 13.7. The average molecular weight is 339 g/mol. The van der Waals surface area contributed by atoms with Gasteiger partial charge < -0.3 is 5.32 Å². The van der Waals surface area contributed by atoms with E-state index >= 15 is 0 Å². The van der Waals surface area contributed by atoms with Crippen molar-refractivity contribution in [1.29, 1.82) is 0 Å². The van der Waals surface area contributed by atoms with Crippen LogP contribution in [0.25, 0.3) is 0 Å². The molecule has 0 fully saturated rings. The first kappa shape index (κ1) is 16.8. The summed E-state index contributed by atoms with van der Waals surface area (Å²) < 4.78 is 13.7. The van der Waals surface area contributed by atoms with E-state index in [1.54, 1.807) is 18.2 Å². The standard InChI is InChI=1S/C19H18FN3O2/c1-11-9-13(21-19(25)15-5-3-4-6-16(15)20)7-8-14(11)18-12(2)10-17(24)22-23-18/h3-9,12H,10H2,1-2H3,(H,21,25)(H,22,24). The minimum Gasteiger partial charge on any atom is -0.322 e. The molecule has 6 heteroatoms. The normalized spacial score (nSPS) is 16.8. The number of hydrazone groups is 1. The number of hydrogen-bond donors (Lipinski definition) is 2. The molecule has 1 unspecified atom stereocenters. The van der Waals surface area contributed by atoms with Gasteiger partial charge in [0.1, 0.15) is 5.82 Å². The van der Waals surface area contributed by atoms with E-state index in [4.69, 9.17) is 0 Å². The molecule has 2 aromatic rings. The Hall–Kier alpha value is -3.02. The third-order valence-electron chi connectivity index (χ3n) is 4.14. The lowest BCUT2D eigenvalue weighted by Gasteiger charge is -2.21. The minimum absolute atomic E-state index is 0.00257. The Labute approximate surface area is 144 Å². The van der Waals surface area contributed by atoms with Gasteiger partial charge in [-0.1, -0.05) is 25.1 Å². The van der Waals surface area contributed by atoms with E-state index in [0.29, 0.717) is 12.1 Å². The molecule has 25 heavy (non-hydrogen) atoms. The molecule has 0 saturated heterocycles. The average Bonchev–Trinajstić information content (AvgIpc) is 2.56. The summed E-state index contributed by atoms with van der Waals surface area (Å²) in [5, 5.41) is 6.85. The number of hydrogen-bond acceptors (Lipinski definition) is 3. The van der Waals surface area contributed by atoms with E-state index in [1.807, 2.05) is 19.9 Å².